The average molecular weight is 751 g/mol. The monoisotopic (exact) mass is 751 g/mol. The summed E-state index contributed by atoms with van der Waals surface area (Å²) in [6.07, 6.45) is 3.28. The van der Waals surface area contributed by atoms with E-state index in [2.05, 4.69) is 107 Å². The standard InChI is InChI=1S/C32H23N2.C6H5NO2.Ir/c1-32(2)26-12-3-4-15-30(26)34-29-17-16-22(20-25(29)24-11-8-13-27(32)31(24)34)21-9-7-10-23(19-21)28-14-5-6-18-33-28;8-6(9)5-3-1-2-4-7-5;/h3-9,11-20H,1-2H3;1-4H,(H,8,9);/q-1;;. The maximum atomic E-state index is 10.1. The van der Waals surface area contributed by atoms with Crippen molar-refractivity contribution in [3.63, 3.8) is 0 Å². The van der Waals surface area contributed by atoms with Crippen molar-refractivity contribution >= 4 is 27.8 Å². The van der Waals surface area contributed by atoms with E-state index < -0.39 is 5.97 Å². The molecule has 0 spiro atoms. The van der Waals surface area contributed by atoms with Crippen LogP contribution >= 0.6 is 0 Å². The second kappa shape index (κ2) is 11.6. The van der Waals surface area contributed by atoms with Crippen molar-refractivity contribution in [3.05, 3.63) is 151 Å². The van der Waals surface area contributed by atoms with Crippen LogP contribution in [0.3, 0.4) is 0 Å². The zero-order chi connectivity index (χ0) is 29.6. The van der Waals surface area contributed by atoms with Gasteiger partial charge in [0.2, 0.25) is 0 Å². The third-order valence-corrected chi connectivity index (χ3v) is 8.24. The molecule has 4 heterocycles. The number of carboxylic acids is 1. The first-order valence-corrected chi connectivity index (χ1v) is 14.2. The van der Waals surface area contributed by atoms with E-state index in [1.807, 2.05) is 30.5 Å². The summed E-state index contributed by atoms with van der Waals surface area (Å²) in [7, 11) is 0. The molecule has 0 atom stereocenters. The molecular weight excluding hydrogens is 723 g/mol. The molecule has 4 aromatic carbocycles. The van der Waals surface area contributed by atoms with Gasteiger partial charge in [-0.25, -0.2) is 9.78 Å². The van der Waals surface area contributed by atoms with Gasteiger partial charge >= 0.3 is 5.97 Å². The number of hydrogen-bond acceptors (Lipinski definition) is 3. The summed E-state index contributed by atoms with van der Waals surface area (Å²) in [5.41, 5.74) is 11.0. The Morgan fingerprint density at radius 3 is 2.20 bits per heavy atom. The zero-order valence-corrected chi connectivity index (χ0v) is 26.5. The van der Waals surface area contributed by atoms with Crippen LogP contribution in [0.25, 0.3) is 49.9 Å². The first-order chi connectivity index (χ1) is 20.9. The number of pyridine rings is 2. The third kappa shape index (κ3) is 4.92. The Balaban J connectivity index is 0.000000298. The summed E-state index contributed by atoms with van der Waals surface area (Å²) in [6, 6.07) is 42.9. The second-order valence-corrected chi connectivity index (χ2v) is 11.1. The Kier molecular flexibility index (Phi) is 7.73. The number of fused-ring (bicyclic) bond motifs is 5. The molecule has 8 rings (SSSR count). The average Bonchev–Trinajstić information content (AvgIpc) is 3.39. The molecule has 0 amide bonds. The van der Waals surface area contributed by atoms with E-state index in [0.717, 1.165) is 11.3 Å². The van der Waals surface area contributed by atoms with Gasteiger partial charge in [-0.15, -0.1) is 35.4 Å². The van der Waals surface area contributed by atoms with Gasteiger partial charge in [0.1, 0.15) is 5.69 Å². The molecule has 7 aromatic rings. The Morgan fingerprint density at radius 2 is 1.48 bits per heavy atom. The Labute approximate surface area is 269 Å². The van der Waals surface area contributed by atoms with Crippen LogP contribution in [-0.4, -0.2) is 25.6 Å². The van der Waals surface area contributed by atoms with Crippen molar-refractivity contribution in [2.45, 2.75) is 19.3 Å². The molecule has 0 bridgehead atoms. The molecule has 3 aromatic heterocycles. The smallest absolute Gasteiger partial charge is 0.354 e. The van der Waals surface area contributed by atoms with E-state index in [-0.39, 0.29) is 31.2 Å². The largest absolute Gasteiger partial charge is 0.477 e. The SMILES string of the molecule is CC1(C)c2ccccc2-n2c3ccc(-c4cc[c-]c(-c5ccccn5)c4)cc3c3cccc1c32.O=C(O)c1ccccn1.[Ir]. The molecule has 0 fully saturated rings. The van der Waals surface area contributed by atoms with Crippen LogP contribution in [-0.2, 0) is 25.5 Å². The molecule has 1 radical (unpaired) electrons. The fourth-order valence-electron chi connectivity index (χ4n) is 6.15. The van der Waals surface area contributed by atoms with Crippen LogP contribution < -0.4 is 0 Å². The number of carbonyl (C=O) groups is 1. The van der Waals surface area contributed by atoms with Gasteiger partial charge in [0, 0.05) is 48.7 Å². The Hall–Kier alpha value is -4.90. The Bertz CT molecular complexity index is 2140. The van der Waals surface area contributed by atoms with Crippen molar-refractivity contribution in [2.75, 3.05) is 0 Å². The summed E-state index contributed by atoms with van der Waals surface area (Å²) >= 11 is 0. The number of para-hydroxylation sites is 2. The number of aromatic nitrogens is 3. The maximum absolute atomic E-state index is 10.1. The number of nitrogens with zero attached hydrogens (tertiary/aromatic N) is 3. The summed E-state index contributed by atoms with van der Waals surface area (Å²) in [6.45, 7) is 4.68. The quantitative estimate of drug-likeness (QED) is 0.184. The normalized spacial score (nSPS) is 12.5. The van der Waals surface area contributed by atoms with Crippen molar-refractivity contribution in [1.29, 1.82) is 0 Å². The number of benzene rings is 4. The number of rotatable bonds is 3. The second-order valence-electron chi connectivity index (χ2n) is 11.1. The molecule has 1 N–H and O–H groups in total. The van der Waals surface area contributed by atoms with Crippen molar-refractivity contribution in [1.82, 2.24) is 14.5 Å². The van der Waals surface area contributed by atoms with Gasteiger partial charge in [0.25, 0.3) is 0 Å². The molecule has 5 nitrogen and oxygen atoms in total. The summed E-state index contributed by atoms with van der Waals surface area (Å²) in [4.78, 5) is 18.2. The molecule has 6 heteroatoms. The van der Waals surface area contributed by atoms with Gasteiger partial charge in [0.05, 0.1) is 16.7 Å². The van der Waals surface area contributed by atoms with Crippen LogP contribution in [0.5, 0.6) is 0 Å². The fourth-order valence-corrected chi connectivity index (χ4v) is 6.15. The van der Waals surface area contributed by atoms with Gasteiger partial charge in [0.15, 0.2) is 0 Å². The van der Waals surface area contributed by atoms with Crippen molar-refractivity contribution in [2.24, 2.45) is 0 Å². The molecule has 1 aliphatic rings. The first kappa shape index (κ1) is 29.2. The predicted octanol–water partition coefficient (Wildman–Crippen LogP) is 8.73. The third-order valence-electron chi connectivity index (χ3n) is 8.24. The number of aromatic carboxylic acids is 1. The minimum absolute atomic E-state index is 0. The maximum Gasteiger partial charge on any atom is 0.354 e. The van der Waals surface area contributed by atoms with Crippen LogP contribution in [0, 0.1) is 6.07 Å². The molecule has 0 aliphatic carbocycles. The van der Waals surface area contributed by atoms with Crippen molar-refractivity contribution < 1.29 is 30.0 Å². The summed E-state index contributed by atoms with van der Waals surface area (Å²) in [5.74, 6) is -0.990. The van der Waals surface area contributed by atoms with Gasteiger partial charge in [-0.1, -0.05) is 74.5 Å². The van der Waals surface area contributed by atoms with Crippen LogP contribution in [0.2, 0.25) is 0 Å². The van der Waals surface area contributed by atoms with E-state index in [1.54, 1.807) is 12.1 Å². The van der Waals surface area contributed by atoms with Gasteiger partial charge in [-0.2, -0.15) is 0 Å². The molecular formula is C38H28IrN3O2-. The van der Waals surface area contributed by atoms with Gasteiger partial charge < -0.3 is 14.7 Å². The molecule has 217 valence electrons. The fraction of sp³-hybridized carbons (Fsp3) is 0.0789. The first-order valence-electron chi connectivity index (χ1n) is 14.2. The number of carboxylic acid groups (broad SMARTS) is 1. The molecule has 44 heavy (non-hydrogen) atoms. The van der Waals surface area contributed by atoms with Gasteiger partial charge in [-0.05, 0) is 58.8 Å². The Morgan fingerprint density at radius 1 is 0.750 bits per heavy atom. The van der Waals surface area contributed by atoms with E-state index in [0.29, 0.717) is 0 Å². The minimum atomic E-state index is -0.990. The zero-order valence-electron chi connectivity index (χ0n) is 24.2. The summed E-state index contributed by atoms with van der Waals surface area (Å²) in [5, 5.41) is 10.9. The molecule has 1 aliphatic heterocycles. The predicted molar refractivity (Wildman–Crippen MR) is 172 cm³/mol. The van der Waals surface area contributed by atoms with Crippen LogP contribution in [0.1, 0.15) is 35.5 Å². The van der Waals surface area contributed by atoms with Gasteiger partial charge in [-0.3, -0.25) is 0 Å². The topological polar surface area (TPSA) is 68.0 Å². The van der Waals surface area contributed by atoms with Crippen LogP contribution in [0.4, 0.5) is 0 Å². The van der Waals surface area contributed by atoms with Crippen molar-refractivity contribution in [3.8, 4) is 28.1 Å². The molecule has 0 unspecified atom stereocenters. The molecule has 0 saturated heterocycles. The number of hydrogen-bond donors (Lipinski definition) is 1. The summed E-state index contributed by atoms with van der Waals surface area (Å²) < 4.78 is 2.46. The minimum Gasteiger partial charge on any atom is -0.477 e. The molecule has 0 saturated carbocycles. The van der Waals surface area contributed by atoms with Crippen LogP contribution in [0.15, 0.2) is 128 Å². The van der Waals surface area contributed by atoms with E-state index in [1.165, 1.54) is 62.0 Å². The van der Waals surface area contributed by atoms with E-state index >= 15 is 0 Å². The van der Waals surface area contributed by atoms with E-state index in [4.69, 9.17) is 5.11 Å². The van der Waals surface area contributed by atoms with E-state index in [9.17, 15) is 4.79 Å².